The smallest absolute Gasteiger partial charge is 0.203 e. The molecule has 0 saturated heterocycles. The molecule has 3 aromatic carbocycles. The maximum atomic E-state index is 14.1. The van der Waals surface area contributed by atoms with Gasteiger partial charge in [-0.3, -0.25) is 4.79 Å². The van der Waals surface area contributed by atoms with Crippen molar-refractivity contribution < 1.29 is 38.0 Å². The molecule has 0 aliphatic carbocycles. The topological polar surface area (TPSA) is 81.7 Å². The zero-order valence-electron chi connectivity index (χ0n) is 21.0. The Kier molecular flexibility index (Phi) is 8.30. The van der Waals surface area contributed by atoms with Crippen molar-refractivity contribution in [2.24, 2.45) is 0 Å². The summed E-state index contributed by atoms with van der Waals surface area (Å²) in [5.41, 5.74) is 1.70. The first kappa shape index (κ1) is 25.6. The molecule has 0 fully saturated rings. The summed E-state index contributed by atoms with van der Waals surface area (Å²) < 4.78 is 38.4. The fourth-order valence-corrected chi connectivity index (χ4v) is 4.01. The maximum absolute atomic E-state index is 14.1. The van der Waals surface area contributed by atoms with Gasteiger partial charge in [-0.25, -0.2) is 0 Å². The fraction of sp³-hybridized carbons (Fsp3) is 0.296. The van der Waals surface area contributed by atoms with E-state index in [0.29, 0.717) is 56.9 Å². The van der Waals surface area contributed by atoms with Crippen LogP contribution >= 0.6 is 0 Å². The number of benzene rings is 3. The van der Waals surface area contributed by atoms with Crippen molar-refractivity contribution in [2.75, 3.05) is 49.8 Å². The molecule has 0 bridgehead atoms. The van der Waals surface area contributed by atoms with Gasteiger partial charge >= 0.3 is 0 Å². The van der Waals surface area contributed by atoms with Crippen molar-refractivity contribution in [1.82, 2.24) is 0 Å². The van der Waals surface area contributed by atoms with Gasteiger partial charge in [0, 0.05) is 11.1 Å². The van der Waals surface area contributed by atoms with Gasteiger partial charge in [-0.1, -0.05) is 12.1 Å². The third-order valence-electron chi connectivity index (χ3n) is 5.72. The summed E-state index contributed by atoms with van der Waals surface area (Å²) >= 11 is 0. The van der Waals surface area contributed by atoms with Gasteiger partial charge in [-0.15, -0.1) is 0 Å². The minimum Gasteiger partial charge on any atom is -0.493 e. The summed E-state index contributed by atoms with van der Waals surface area (Å²) in [6, 6.07) is 13.9. The number of carbonyl (C=O) groups excluding carboxylic acids is 1. The average molecular weight is 483 g/mol. The van der Waals surface area contributed by atoms with Crippen LogP contribution in [0.15, 0.2) is 48.5 Å². The Balaban J connectivity index is 2.28. The molecule has 35 heavy (non-hydrogen) atoms. The quantitative estimate of drug-likeness (QED) is 0.362. The number of ketones is 1. The first-order valence-corrected chi connectivity index (χ1v) is 10.7. The van der Waals surface area contributed by atoms with E-state index in [1.807, 2.05) is 6.07 Å². The molecule has 8 nitrogen and oxygen atoms in total. The molecule has 3 aromatic rings. The van der Waals surface area contributed by atoms with Crippen molar-refractivity contribution in [1.29, 1.82) is 0 Å². The molecule has 0 heterocycles. The van der Waals surface area contributed by atoms with Gasteiger partial charge in [0.05, 0.1) is 55.7 Å². The molecular weight excluding hydrogens is 452 g/mol. The van der Waals surface area contributed by atoms with Crippen LogP contribution in [0.3, 0.4) is 0 Å². The number of methoxy groups -OCH3 is 7. The standard InChI is InChI=1S/C27H30O8/c1-29-19-11-8-16(14-22(19)32-4)24(18-10-13-21(31-3)27(35-7)26(18)34-6)25(28)17-9-12-20(30-2)23(15-17)33-5/h8-15,24H,1-7H3. The third-order valence-corrected chi connectivity index (χ3v) is 5.72. The Morgan fingerprint density at radius 2 is 1.06 bits per heavy atom. The van der Waals surface area contributed by atoms with Gasteiger partial charge in [0.15, 0.2) is 40.3 Å². The molecule has 0 radical (unpaired) electrons. The van der Waals surface area contributed by atoms with Crippen LogP contribution in [-0.4, -0.2) is 55.6 Å². The predicted molar refractivity (Wildman–Crippen MR) is 131 cm³/mol. The Hall–Kier alpha value is -4.07. The summed E-state index contributed by atoms with van der Waals surface area (Å²) in [5.74, 6) is 2.31. The lowest BCUT2D eigenvalue weighted by Gasteiger charge is -2.23. The van der Waals surface area contributed by atoms with E-state index in [1.54, 1.807) is 63.8 Å². The minimum atomic E-state index is -0.775. The zero-order valence-corrected chi connectivity index (χ0v) is 21.0. The normalized spacial score (nSPS) is 11.3. The molecule has 186 valence electrons. The molecule has 1 atom stereocenters. The van der Waals surface area contributed by atoms with Crippen LogP contribution in [-0.2, 0) is 0 Å². The SMILES string of the molecule is COc1ccc(C(=O)C(c2ccc(OC)c(OC)c2)c2ccc(OC)c(OC)c2OC)cc1OC. The minimum absolute atomic E-state index is 0.191. The molecule has 0 spiro atoms. The van der Waals surface area contributed by atoms with E-state index in [2.05, 4.69) is 0 Å². The number of rotatable bonds is 11. The lowest BCUT2D eigenvalue weighted by Crippen LogP contribution is -2.16. The Labute approximate surface area is 205 Å². The highest BCUT2D eigenvalue weighted by Crippen LogP contribution is 2.46. The van der Waals surface area contributed by atoms with E-state index >= 15 is 0 Å². The predicted octanol–water partition coefficient (Wildman–Crippen LogP) is 4.76. The molecule has 0 saturated carbocycles. The lowest BCUT2D eigenvalue weighted by atomic mass is 9.83. The second-order valence-electron chi connectivity index (χ2n) is 7.40. The molecule has 0 amide bonds. The highest BCUT2D eigenvalue weighted by atomic mass is 16.5. The molecule has 8 heteroatoms. The maximum Gasteiger partial charge on any atom is 0.203 e. The van der Waals surface area contributed by atoms with Gasteiger partial charge in [0.2, 0.25) is 5.75 Å². The van der Waals surface area contributed by atoms with E-state index in [9.17, 15) is 4.79 Å². The molecule has 1 unspecified atom stereocenters. The van der Waals surface area contributed by atoms with Gasteiger partial charge < -0.3 is 33.2 Å². The summed E-state index contributed by atoms with van der Waals surface area (Å²) in [5, 5.41) is 0. The van der Waals surface area contributed by atoms with Gasteiger partial charge in [-0.2, -0.15) is 0 Å². The van der Waals surface area contributed by atoms with Crippen LogP contribution in [0.1, 0.15) is 27.4 Å². The van der Waals surface area contributed by atoms with Crippen molar-refractivity contribution in [3.8, 4) is 40.2 Å². The van der Waals surface area contributed by atoms with Gasteiger partial charge in [0.25, 0.3) is 0 Å². The van der Waals surface area contributed by atoms with Crippen LogP contribution in [0.5, 0.6) is 40.2 Å². The van der Waals surface area contributed by atoms with Crippen LogP contribution < -0.4 is 33.2 Å². The first-order valence-electron chi connectivity index (χ1n) is 10.7. The number of Topliss-reactive ketones (excluding diaryl/α,β-unsaturated/α-hetero) is 1. The van der Waals surface area contributed by atoms with Crippen molar-refractivity contribution in [3.05, 3.63) is 65.2 Å². The van der Waals surface area contributed by atoms with Crippen LogP contribution in [0.2, 0.25) is 0 Å². The number of carbonyl (C=O) groups is 1. The summed E-state index contributed by atoms with van der Waals surface area (Å²) in [7, 11) is 10.7. The molecule has 0 aromatic heterocycles. The number of ether oxygens (including phenoxy) is 7. The van der Waals surface area contributed by atoms with E-state index in [-0.39, 0.29) is 5.78 Å². The summed E-state index contributed by atoms with van der Waals surface area (Å²) in [6.45, 7) is 0. The number of hydrogen-bond donors (Lipinski definition) is 0. The average Bonchev–Trinajstić information content (AvgIpc) is 2.91. The molecular formula is C27H30O8. The largest absolute Gasteiger partial charge is 0.493 e. The molecule has 0 aliphatic heterocycles. The van der Waals surface area contributed by atoms with Crippen molar-refractivity contribution in [3.63, 3.8) is 0 Å². The number of hydrogen-bond acceptors (Lipinski definition) is 8. The molecule has 0 N–H and O–H groups in total. The van der Waals surface area contributed by atoms with Crippen molar-refractivity contribution in [2.45, 2.75) is 5.92 Å². The molecule has 0 aliphatic rings. The third kappa shape index (κ3) is 4.91. The lowest BCUT2D eigenvalue weighted by molar-refractivity contribution is 0.0972. The van der Waals surface area contributed by atoms with Crippen LogP contribution in [0.25, 0.3) is 0 Å². The highest BCUT2D eigenvalue weighted by molar-refractivity contribution is 6.04. The Bertz CT molecular complexity index is 1190. The van der Waals surface area contributed by atoms with Crippen molar-refractivity contribution >= 4 is 5.78 Å². The first-order chi connectivity index (χ1) is 17.0. The highest BCUT2D eigenvalue weighted by Gasteiger charge is 2.31. The van der Waals surface area contributed by atoms with E-state index in [0.717, 1.165) is 0 Å². The van der Waals surface area contributed by atoms with Crippen LogP contribution in [0, 0.1) is 0 Å². The second kappa shape index (κ2) is 11.4. The van der Waals surface area contributed by atoms with Crippen LogP contribution in [0.4, 0.5) is 0 Å². The zero-order chi connectivity index (χ0) is 25.5. The van der Waals surface area contributed by atoms with E-state index < -0.39 is 5.92 Å². The van der Waals surface area contributed by atoms with E-state index in [4.69, 9.17) is 33.2 Å². The Morgan fingerprint density at radius 1 is 0.543 bits per heavy atom. The summed E-state index contributed by atoms with van der Waals surface area (Å²) in [4.78, 5) is 14.1. The monoisotopic (exact) mass is 482 g/mol. The van der Waals surface area contributed by atoms with Gasteiger partial charge in [0.1, 0.15) is 0 Å². The Morgan fingerprint density at radius 3 is 1.60 bits per heavy atom. The summed E-state index contributed by atoms with van der Waals surface area (Å²) in [6.07, 6.45) is 0. The second-order valence-corrected chi connectivity index (χ2v) is 7.40. The van der Waals surface area contributed by atoms with E-state index in [1.165, 1.54) is 28.4 Å². The molecule has 3 rings (SSSR count). The van der Waals surface area contributed by atoms with Gasteiger partial charge in [-0.05, 0) is 42.0 Å². The fourth-order valence-electron chi connectivity index (χ4n) is 4.01.